The van der Waals surface area contributed by atoms with E-state index in [2.05, 4.69) is 51.0 Å². The van der Waals surface area contributed by atoms with Crippen molar-refractivity contribution in [3.8, 4) is 5.69 Å². The average Bonchev–Trinajstić information content (AvgIpc) is 2.77. The number of pyridine rings is 1. The van der Waals surface area contributed by atoms with Gasteiger partial charge in [0.2, 0.25) is 0 Å². The summed E-state index contributed by atoms with van der Waals surface area (Å²) in [6, 6.07) is 4.03. The lowest BCUT2D eigenvalue weighted by Crippen LogP contribution is -2.15. The summed E-state index contributed by atoms with van der Waals surface area (Å²) in [5.74, 6) is 0. The molecule has 2 rings (SSSR count). The molecule has 17 heavy (non-hydrogen) atoms. The summed E-state index contributed by atoms with van der Waals surface area (Å²) in [6.07, 6.45) is 6.80. The summed E-state index contributed by atoms with van der Waals surface area (Å²) >= 11 is 2.25. The highest BCUT2D eigenvalue weighted by molar-refractivity contribution is 14.1. The number of hydrogen-bond acceptors (Lipinski definition) is 3. The van der Waals surface area contributed by atoms with E-state index in [1.54, 1.807) is 0 Å². The molecule has 2 heterocycles. The van der Waals surface area contributed by atoms with E-state index in [9.17, 15) is 0 Å². The van der Waals surface area contributed by atoms with Gasteiger partial charge in [0.1, 0.15) is 0 Å². The van der Waals surface area contributed by atoms with Crippen LogP contribution in [0.25, 0.3) is 5.69 Å². The van der Waals surface area contributed by atoms with Crippen molar-refractivity contribution in [3.05, 3.63) is 40.0 Å². The summed E-state index contributed by atoms with van der Waals surface area (Å²) < 4.78 is 3.00. The van der Waals surface area contributed by atoms with Gasteiger partial charge in [0.25, 0.3) is 0 Å². The number of nitrogens with zero attached hydrogens (tertiary/aromatic N) is 3. The monoisotopic (exact) mass is 342 g/mol. The molecule has 0 aliphatic rings. The lowest BCUT2D eigenvalue weighted by atomic mass is 10.3. The first-order valence-corrected chi connectivity index (χ1v) is 6.73. The highest BCUT2D eigenvalue weighted by Gasteiger charge is 2.01. The molecule has 0 bridgehead atoms. The van der Waals surface area contributed by atoms with Gasteiger partial charge in [-0.1, -0.05) is 6.92 Å². The Morgan fingerprint density at radius 3 is 3.06 bits per heavy atom. The largest absolute Gasteiger partial charge is 0.311 e. The maximum absolute atomic E-state index is 4.34. The van der Waals surface area contributed by atoms with Gasteiger partial charge in [-0.3, -0.25) is 4.98 Å². The third-order valence-electron chi connectivity index (χ3n) is 2.35. The van der Waals surface area contributed by atoms with Crippen LogP contribution < -0.4 is 5.32 Å². The van der Waals surface area contributed by atoms with Crippen LogP contribution in [0.5, 0.6) is 0 Å². The average molecular weight is 342 g/mol. The second-order valence-electron chi connectivity index (χ2n) is 3.79. The quantitative estimate of drug-likeness (QED) is 0.670. The molecule has 0 fully saturated rings. The van der Waals surface area contributed by atoms with Crippen LogP contribution in [0.4, 0.5) is 0 Å². The molecule has 0 aromatic carbocycles. The third kappa shape index (κ3) is 3.50. The van der Waals surface area contributed by atoms with E-state index in [0.717, 1.165) is 34.5 Å². The summed E-state index contributed by atoms with van der Waals surface area (Å²) in [5.41, 5.74) is 2.10. The Kier molecular flexibility index (Phi) is 4.49. The lowest BCUT2D eigenvalue weighted by molar-refractivity contribution is 0.663. The smallest absolute Gasteiger partial charge is 0.0679 e. The van der Waals surface area contributed by atoms with Crippen LogP contribution in [0.15, 0.2) is 30.7 Å². The van der Waals surface area contributed by atoms with Crippen molar-refractivity contribution in [2.75, 3.05) is 6.54 Å². The van der Waals surface area contributed by atoms with Crippen molar-refractivity contribution in [2.45, 2.75) is 19.9 Å². The molecule has 4 nitrogen and oxygen atoms in total. The second kappa shape index (κ2) is 6.11. The summed E-state index contributed by atoms with van der Waals surface area (Å²) in [7, 11) is 0. The molecular weight excluding hydrogens is 327 g/mol. The Bertz CT molecular complexity index is 481. The van der Waals surface area contributed by atoms with Crippen LogP contribution >= 0.6 is 22.6 Å². The fraction of sp³-hybridized carbons (Fsp3) is 0.333. The number of hydrogen-bond donors (Lipinski definition) is 1. The van der Waals surface area contributed by atoms with E-state index in [4.69, 9.17) is 0 Å². The van der Waals surface area contributed by atoms with E-state index in [0.29, 0.717) is 0 Å². The van der Waals surface area contributed by atoms with Crippen molar-refractivity contribution >= 4 is 22.6 Å². The highest BCUT2D eigenvalue weighted by Crippen LogP contribution is 2.10. The molecule has 0 aliphatic carbocycles. The maximum Gasteiger partial charge on any atom is 0.0679 e. The molecule has 0 saturated heterocycles. The van der Waals surface area contributed by atoms with Crippen molar-refractivity contribution < 1.29 is 0 Å². The zero-order valence-electron chi connectivity index (χ0n) is 9.73. The van der Waals surface area contributed by atoms with E-state index in [1.165, 1.54) is 0 Å². The Labute approximate surface area is 115 Å². The van der Waals surface area contributed by atoms with E-state index < -0.39 is 0 Å². The fourth-order valence-electron chi connectivity index (χ4n) is 1.54. The first kappa shape index (κ1) is 12.5. The van der Waals surface area contributed by atoms with Crippen molar-refractivity contribution in [2.24, 2.45) is 0 Å². The van der Waals surface area contributed by atoms with Crippen molar-refractivity contribution in [1.82, 2.24) is 20.1 Å². The van der Waals surface area contributed by atoms with E-state index >= 15 is 0 Å². The van der Waals surface area contributed by atoms with E-state index in [-0.39, 0.29) is 0 Å². The molecule has 90 valence electrons. The Hall–Kier alpha value is -0.950. The predicted molar refractivity (Wildman–Crippen MR) is 76.1 cm³/mol. The maximum atomic E-state index is 4.34. The van der Waals surface area contributed by atoms with Gasteiger partial charge in [0.05, 0.1) is 21.1 Å². The van der Waals surface area contributed by atoms with Gasteiger partial charge >= 0.3 is 0 Å². The molecule has 0 spiro atoms. The topological polar surface area (TPSA) is 42.7 Å². The molecular formula is C12H15IN4. The van der Waals surface area contributed by atoms with E-state index in [1.807, 2.05) is 29.3 Å². The van der Waals surface area contributed by atoms with Gasteiger partial charge in [-0.05, 0) is 47.7 Å². The molecule has 0 aliphatic heterocycles. The minimum Gasteiger partial charge on any atom is -0.311 e. The highest BCUT2D eigenvalue weighted by atomic mass is 127. The second-order valence-corrected chi connectivity index (χ2v) is 5.03. The Balaban J connectivity index is 2.11. The molecule has 0 atom stereocenters. The van der Waals surface area contributed by atoms with Crippen molar-refractivity contribution in [1.29, 1.82) is 0 Å². The van der Waals surface area contributed by atoms with Crippen LogP contribution in [-0.4, -0.2) is 21.3 Å². The van der Waals surface area contributed by atoms with Gasteiger partial charge in [0.15, 0.2) is 0 Å². The summed E-state index contributed by atoms with van der Waals surface area (Å²) in [6.45, 7) is 3.98. The fourth-order valence-corrected chi connectivity index (χ4v) is 1.93. The van der Waals surface area contributed by atoms with Gasteiger partial charge < -0.3 is 5.32 Å². The number of nitrogens with one attached hydrogen (secondary N) is 1. The zero-order valence-corrected chi connectivity index (χ0v) is 11.9. The molecule has 0 amide bonds. The lowest BCUT2D eigenvalue weighted by Gasteiger charge is -2.05. The van der Waals surface area contributed by atoms with Gasteiger partial charge in [-0.15, -0.1) is 0 Å². The molecule has 5 heteroatoms. The minimum absolute atomic E-state index is 0.806. The van der Waals surface area contributed by atoms with Crippen LogP contribution in [0.1, 0.15) is 19.0 Å². The summed E-state index contributed by atoms with van der Waals surface area (Å²) in [4.78, 5) is 4.34. The SMILES string of the molecule is CCCNCc1cc(-n2cc(I)cn2)ccn1. The van der Waals surface area contributed by atoms with Gasteiger partial charge in [-0.25, -0.2) is 4.68 Å². The minimum atomic E-state index is 0.806. The van der Waals surface area contributed by atoms with Crippen LogP contribution in [-0.2, 0) is 6.54 Å². The Morgan fingerprint density at radius 2 is 2.35 bits per heavy atom. The third-order valence-corrected chi connectivity index (χ3v) is 2.91. The predicted octanol–water partition coefficient (Wildman–Crippen LogP) is 2.37. The molecule has 0 radical (unpaired) electrons. The molecule has 0 unspecified atom stereocenters. The molecule has 1 N–H and O–H groups in total. The number of aromatic nitrogens is 3. The van der Waals surface area contributed by atoms with Gasteiger partial charge in [0, 0.05) is 18.9 Å². The summed E-state index contributed by atoms with van der Waals surface area (Å²) in [5, 5.41) is 7.63. The standard InChI is InChI=1S/C12H15IN4/c1-2-4-14-8-11-6-12(3-5-15-11)17-9-10(13)7-16-17/h3,5-7,9,14H,2,4,8H2,1H3. The Morgan fingerprint density at radius 1 is 1.47 bits per heavy atom. The molecule has 0 saturated carbocycles. The van der Waals surface area contributed by atoms with Gasteiger partial charge in [-0.2, -0.15) is 5.10 Å². The number of halogens is 1. The van der Waals surface area contributed by atoms with Crippen LogP contribution in [0.2, 0.25) is 0 Å². The first-order valence-electron chi connectivity index (χ1n) is 5.66. The van der Waals surface area contributed by atoms with Crippen LogP contribution in [0, 0.1) is 3.57 Å². The number of rotatable bonds is 5. The first-order chi connectivity index (χ1) is 8.29. The van der Waals surface area contributed by atoms with Crippen LogP contribution in [0.3, 0.4) is 0 Å². The molecule has 2 aromatic rings. The molecule has 2 aromatic heterocycles. The normalized spacial score (nSPS) is 10.7. The van der Waals surface area contributed by atoms with Crippen molar-refractivity contribution in [3.63, 3.8) is 0 Å². The zero-order chi connectivity index (χ0) is 12.1.